The summed E-state index contributed by atoms with van der Waals surface area (Å²) in [6.07, 6.45) is -5.91. The minimum atomic E-state index is -5.22. The number of alkyl halides is 3. The normalized spacial score (nSPS) is 13.3. The Labute approximate surface area is 305 Å². The molecule has 15 heteroatoms. The molecule has 3 unspecified atom stereocenters. The Balaban J connectivity index is 1.93. The van der Waals surface area contributed by atoms with Gasteiger partial charge in [0, 0.05) is 23.6 Å². The molecule has 3 aromatic rings. The van der Waals surface area contributed by atoms with Crippen molar-refractivity contribution >= 4 is 41.2 Å². The average molecular weight is 747 g/mol. The molecule has 0 fully saturated rings. The Morgan fingerprint density at radius 3 is 1.96 bits per heavy atom. The minimum absolute atomic E-state index is 0.0873. The van der Waals surface area contributed by atoms with E-state index in [-0.39, 0.29) is 29.1 Å². The number of ketones is 1. The van der Waals surface area contributed by atoms with Gasteiger partial charge in [0.25, 0.3) is 11.7 Å². The summed E-state index contributed by atoms with van der Waals surface area (Å²) in [5, 5.41) is 10.3. The third-order valence-electron chi connectivity index (χ3n) is 7.53. The van der Waals surface area contributed by atoms with Crippen LogP contribution in [0.2, 0.25) is 5.02 Å². The van der Waals surface area contributed by atoms with E-state index >= 15 is 0 Å². The fourth-order valence-electron chi connectivity index (χ4n) is 4.89. The van der Waals surface area contributed by atoms with Gasteiger partial charge < -0.3 is 30.7 Å². The monoisotopic (exact) mass is 746 g/mol. The van der Waals surface area contributed by atoms with Crippen LogP contribution in [0.5, 0.6) is 5.75 Å². The van der Waals surface area contributed by atoms with Gasteiger partial charge in [0.15, 0.2) is 0 Å². The SMILES string of the molecule is COc1ccc(C(NC(=O)C(Cc2ccc(CNC(=O)OC(C)(C)C)cc2)NC(=O)c2cccc(Cl)c2)C(=O)NC(C(=O)C(F)(F)F)C(C)C)cc1. The van der Waals surface area contributed by atoms with Crippen molar-refractivity contribution in [1.82, 2.24) is 21.3 Å². The van der Waals surface area contributed by atoms with E-state index in [9.17, 15) is 37.1 Å². The van der Waals surface area contributed by atoms with Gasteiger partial charge in [0.2, 0.25) is 11.8 Å². The fraction of sp³-hybridized carbons (Fsp3) is 0.378. The smallest absolute Gasteiger partial charge is 0.452 e. The van der Waals surface area contributed by atoms with E-state index in [0.29, 0.717) is 16.9 Å². The highest BCUT2D eigenvalue weighted by molar-refractivity contribution is 6.31. The number of benzene rings is 3. The van der Waals surface area contributed by atoms with E-state index in [1.807, 2.05) is 0 Å². The first kappa shape index (κ1) is 41.3. The predicted octanol–water partition coefficient (Wildman–Crippen LogP) is 5.84. The Hall–Kier alpha value is -5.11. The van der Waals surface area contributed by atoms with Gasteiger partial charge in [0.1, 0.15) is 23.4 Å². The quantitative estimate of drug-likeness (QED) is 0.162. The van der Waals surface area contributed by atoms with Crippen LogP contribution >= 0.6 is 11.6 Å². The van der Waals surface area contributed by atoms with Gasteiger partial charge in [-0.05, 0) is 73.7 Å². The van der Waals surface area contributed by atoms with Crippen LogP contribution in [0.25, 0.3) is 0 Å². The summed E-state index contributed by atoms with van der Waals surface area (Å²) in [5.41, 5.74) is 0.915. The summed E-state index contributed by atoms with van der Waals surface area (Å²) in [7, 11) is 1.41. The molecule has 0 radical (unpaired) electrons. The van der Waals surface area contributed by atoms with Crippen molar-refractivity contribution in [2.75, 3.05) is 7.11 Å². The maximum atomic E-state index is 14.0. The van der Waals surface area contributed by atoms with Crippen LogP contribution in [-0.2, 0) is 32.1 Å². The first-order chi connectivity index (χ1) is 24.3. The Kier molecular flexibility index (Phi) is 14.2. The van der Waals surface area contributed by atoms with Gasteiger partial charge in [-0.3, -0.25) is 19.2 Å². The van der Waals surface area contributed by atoms with Crippen LogP contribution in [0.4, 0.5) is 18.0 Å². The van der Waals surface area contributed by atoms with Gasteiger partial charge in [0.05, 0.1) is 13.2 Å². The highest BCUT2D eigenvalue weighted by atomic mass is 35.5. The molecule has 0 aromatic heterocycles. The lowest BCUT2D eigenvalue weighted by molar-refractivity contribution is -0.175. The molecule has 0 bridgehead atoms. The maximum Gasteiger partial charge on any atom is 0.452 e. The van der Waals surface area contributed by atoms with Gasteiger partial charge in [-0.25, -0.2) is 4.79 Å². The second kappa shape index (κ2) is 17.9. The summed E-state index contributed by atoms with van der Waals surface area (Å²) >= 11 is 6.08. The van der Waals surface area contributed by atoms with Crippen molar-refractivity contribution in [3.63, 3.8) is 0 Å². The third-order valence-corrected chi connectivity index (χ3v) is 7.77. The number of rotatable bonds is 14. The number of alkyl carbamates (subject to hydrolysis) is 1. The highest BCUT2D eigenvalue weighted by Crippen LogP contribution is 2.24. The van der Waals surface area contributed by atoms with E-state index in [2.05, 4.69) is 21.3 Å². The molecule has 3 rings (SSSR count). The first-order valence-corrected chi connectivity index (χ1v) is 16.6. The van der Waals surface area contributed by atoms with Crippen LogP contribution in [0, 0.1) is 5.92 Å². The molecule has 280 valence electrons. The zero-order valence-electron chi connectivity index (χ0n) is 29.5. The second-order valence-electron chi connectivity index (χ2n) is 13.2. The summed E-state index contributed by atoms with van der Waals surface area (Å²) in [6, 6.07) is 13.8. The number of amides is 4. The van der Waals surface area contributed by atoms with Crippen LogP contribution < -0.4 is 26.0 Å². The van der Waals surface area contributed by atoms with E-state index < -0.39 is 65.4 Å². The van der Waals surface area contributed by atoms with Crippen molar-refractivity contribution < 1.29 is 46.6 Å². The number of ether oxygens (including phenoxy) is 2. The lowest BCUT2D eigenvalue weighted by Crippen LogP contribution is -2.55. The summed E-state index contributed by atoms with van der Waals surface area (Å²) < 4.78 is 50.7. The lowest BCUT2D eigenvalue weighted by atomic mass is 9.97. The van der Waals surface area contributed by atoms with Crippen molar-refractivity contribution in [3.05, 3.63) is 100 Å². The summed E-state index contributed by atoms with van der Waals surface area (Å²) in [5.74, 6) is -5.30. The van der Waals surface area contributed by atoms with Crippen LogP contribution in [-0.4, -0.2) is 60.6 Å². The standard InChI is InChI=1S/C37H42ClF3N4O7/c1-21(2)29(31(46)37(39,40)41)44-34(49)30(24-14-16-27(51-6)17-15-24)45-33(48)28(43-32(47)25-8-7-9-26(38)19-25)18-22-10-12-23(13-11-22)20-42-35(50)52-36(3,4)5/h7-17,19,21,28-30H,18,20H2,1-6H3,(H,42,50)(H,43,47)(H,44,49)(H,45,48). The number of carbonyl (C=O) groups is 5. The molecule has 3 aromatic carbocycles. The van der Waals surface area contributed by atoms with Crippen molar-refractivity contribution in [1.29, 1.82) is 0 Å². The minimum Gasteiger partial charge on any atom is -0.497 e. The fourth-order valence-corrected chi connectivity index (χ4v) is 5.08. The van der Waals surface area contributed by atoms with E-state index in [0.717, 1.165) is 0 Å². The molecular weight excluding hydrogens is 705 g/mol. The predicted molar refractivity (Wildman–Crippen MR) is 188 cm³/mol. The molecule has 0 aliphatic heterocycles. The number of carbonyl (C=O) groups excluding carboxylic acids is 5. The van der Waals surface area contributed by atoms with E-state index in [1.54, 1.807) is 57.2 Å². The van der Waals surface area contributed by atoms with E-state index in [1.165, 1.54) is 57.4 Å². The maximum absolute atomic E-state index is 14.0. The van der Waals surface area contributed by atoms with Crippen molar-refractivity contribution in [3.8, 4) is 5.75 Å². The zero-order chi connectivity index (χ0) is 38.8. The molecule has 0 saturated carbocycles. The Bertz CT molecular complexity index is 1730. The molecule has 0 aliphatic carbocycles. The number of hydrogen-bond donors (Lipinski definition) is 4. The average Bonchev–Trinajstić information content (AvgIpc) is 3.07. The Morgan fingerprint density at radius 2 is 1.42 bits per heavy atom. The van der Waals surface area contributed by atoms with Gasteiger partial charge in [-0.15, -0.1) is 0 Å². The van der Waals surface area contributed by atoms with Crippen LogP contribution in [0.15, 0.2) is 72.8 Å². The second-order valence-corrected chi connectivity index (χ2v) is 13.7. The molecule has 52 heavy (non-hydrogen) atoms. The number of halogens is 4. The number of hydrogen-bond acceptors (Lipinski definition) is 7. The van der Waals surface area contributed by atoms with Gasteiger partial charge in [-0.1, -0.05) is 67.9 Å². The van der Waals surface area contributed by atoms with Crippen LogP contribution in [0.3, 0.4) is 0 Å². The van der Waals surface area contributed by atoms with Gasteiger partial charge in [-0.2, -0.15) is 13.2 Å². The highest BCUT2D eigenvalue weighted by Gasteiger charge is 2.45. The largest absolute Gasteiger partial charge is 0.497 e. The zero-order valence-corrected chi connectivity index (χ0v) is 30.3. The Morgan fingerprint density at radius 1 is 0.808 bits per heavy atom. The number of methoxy groups -OCH3 is 1. The third kappa shape index (κ3) is 12.6. The lowest BCUT2D eigenvalue weighted by Gasteiger charge is -2.27. The summed E-state index contributed by atoms with van der Waals surface area (Å²) in [4.78, 5) is 65.3. The van der Waals surface area contributed by atoms with Crippen molar-refractivity contribution in [2.45, 2.75) is 77.5 Å². The molecule has 0 heterocycles. The number of Topliss-reactive ketones (excluding diaryl/α,β-unsaturated/α-hetero) is 1. The van der Waals surface area contributed by atoms with Crippen LogP contribution in [0.1, 0.15) is 67.7 Å². The number of nitrogens with one attached hydrogen (secondary N) is 4. The molecule has 0 aliphatic rings. The molecule has 4 N–H and O–H groups in total. The molecular formula is C37H42ClF3N4O7. The van der Waals surface area contributed by atoms with Gasteiger partial charge >= 0.3 is 12.3 Å². The van der Waals surface area contributed by atoms with Crippen molar-refractivity contribution in [2.24, 2.45) is 5.92 Å². The molecule has 0 saturated heterocycles. The summed E-state index contributed by atoms with van der Waals surface area (Å²) in [6.45, 7) is 8.05. The molecule has 11 nitrogen and oxygen atoms in total. The molecule has 4 amide bonds. The molecule has 0 spiro atoms. The first-order valence-electron chi connectivity index (χ1n) is 16.2. The topological polar surface area (TPSA) is 152 Å². The van der Waals surface area contributed by atoms with E-state index in [4.69, 9.17) is 21.1 Å². The molecule has 3 atom stereocenters.